The number of halogens is 1. The summed E-state index contributed by atoms with van der Waals surface area (Å²) in [6, 6.07) is 7.74. The number of sulfonamides is 1. The van der Waals surface area contributed by atoms with Crippen molar-refractivity contribution in [1.29, 1.82) is 0 Å². The number of benzene rings is 1. The van der Waals surface area contributed by atoms with Crippen molar-refractivity contribution in [2.24, 2.45) is 5.84 Å². The maximum Gasteiger partial charge on any atom is 0.262 e. The van der Waals surface area contributed by atoms with E-state index in [0.717, 1.165) is 6.07 Å². The summed E-state index contributed by atoms with van der Waals surface area (Å²) in [6.45, 7) is 0. The minimum absolute atomic E-state index is 0.0280. The summed E-state index contributed by atoms with van der Waals surface area (Å²) in [5.41, 5.74) is 2.39. The molecule has 19 heavy (non-hydrogen) atoms. The molecule has 6 nitrogen and oxygen atoms in total. The molecular formula is C11H11FN4O2S. The molecule has 0 bridgehead atoms. The zero-order valence-corrected chi connectivity index (χ0v) is 10.5. The quantitative estimate of drug-likeness (QED) is 0.580. The third-order valence-electron chi connectivity index (χ3n) is 2.27. The van der Waals surface area contributed by atoms with Crippen molar-refractivity contribution >= 4 is 21.5 Å². The van der Waals surface area contributed by atoms with Crippen LogP contribution < -0.4 is 16.0 Å². The van der Waals surface area contributed by atoms with E-state index in [1.807, 2.05) is 0 Å². The number of rotatable bonds is 4. The van der Waals surface area contributed by atoms with Gasteiger partial charge in [-0.25, -0.2) is 23.6 Å². The van der Waals surface area contributed by atoms with Crippen LogP contribution in [0.2, 0.25) is 0 Å². The van der Waals surface area contributed by atoms with Crippen LogP contribution in [0.3, 0.4) is 0 Å². The second-order valence-electron chi connectivity index (χ2n) is 3.64. The van der Waals surface area contributed by atoms with Gasteiger partial charge in [-0.1, -0.05) is 6.07 Å². The standard InChI is InChI=1S/C11H11FN4O2S/c12-8-2-1-3-9(6-8)16-19(17,18)10-4-5-14-11(7-10)15-13/h1-7,16H,13H2,(H,14,15). The van der Waals surface area contributed by atoms with E-state index < -0.39 is 15.8 Å². The molecule has 0 unspecified atom stereocenters. The van der Waals surface area contributed by atoms with E-state index in [9.17, 15) is 12.8 Å². The molecule has 0 saturated carbocycles. The molecule has 0 amide bonds. The molecule has 0 aliphatic carbocycles. The van der Waals surface area contributed by atoms with Crippen molar-refractivity contribution in [3.05, 3.63) is 48.4 Å². The predicted octanol–water partition coefficient (Wildman–Crippen LogP) is 1.31. The first-order chi connectivity index (χ1) is 9.01. The van der Waals surface area contributed by atoms with E-state index in [1.165, 1.54) is 36.5 Å². The van der Waals surface area contributed by atoms with Gasteiger partial charge in [0.1, 0.15) is 11.6 Å². The topological polar surface area (TPSA) is 97.1 Å². The van der Waals surface area contributed by atoms with E-state index in [0.29, 0.717) is 0 Å². The van der Waals surface area contributed by atoms with E-state index >= 15 is 0 Å². The minimum Gasteiger partial charge on any atom is -0.308 e. The van der Waals surface area contributed by atoms with Gasteiger partial charge in [0, 0.05) is 12.3 Å². The lowest BCUT2D eigenvalue weighted by atomic mass is 10.3. The summed E-state index contributed by atoms with van der Waals surface area (Å²) in [5, 5.41) is 0. The van der Waals surface area contributed by atoms with Crippen molar-refractivity contribution < 1.29 is 12.8 Å². The van der Waals surface area contributed by atoms with Gasteiger partial charge in [0.25, 0.3) is 10.0 Å². The summed E-state index contributed by atoms with van der Waals surface area (Å²) in [4.78, 5) is 3.78. The molecule has 0 atom stereocenters. The second kappa shape index (κ2) is 5.21. The van der Waals surface area contributed by atoms with Gasteiger partial charge in [-0.3, -0.25) is 4.72 Å². The molecule has 100 valence electrons. The lowest BCUT2D eigenvalue weighted by Crippen LogP contribution is -2.15. The summed E-state index contributed by atoms with van der Waals surface area (Å²) < 4.78 is 39.4. The molecule has 1 aromatic heterocycles. The Morgan fingerprint density at radius 3 is 2.68 bits per heavy atom. The van der Waals surface area contributed by atoms with Crippen LogP contribution in [-0.2, 0) is 10.0 Å². The second-order valence-corrected chi connectivity index (χ2v) is 5.32. The number of hydrazine groups is 1. The van der Waals surface area contributed by atoms with Gasteiger partial charge in [-0.2, -0.15) is 0 Å². The lowest BCUT2D eigenvalue weighted by Gasteiger charge is -2.08. The molecular weight excluding hydrogens is 271 g/mol. The largest absolute Gasteiger partial charge is 0.308 e. The molecule has 2 rings (SSSR count). The van der Waals surface area contributed by atoms with Crippen molar-refractivity contribution in [2.75, 3.05) is 10.1 Å². The van der Waals surface area contributed by atoms with E-state index in [1.54, 1.807) is 0 Å². The SMILES string of the molecule is NNc1cc(S(=O)(=O)Nc2cccc(F)c2)ccn1. The Bertz CT molecular complexity index is 691. The Morgan fingerprint density at radius 1 is 1.21 bits per heavy atom. The molecule has 1 heterocycles. The molecule has 2 aromatic rings. The maximum atomic E-state index is 13.0. The van der Waals surface area contributed by atoms with Crippen molar-refractivity contribution in [3.63, 3.8) is 0 Å². The third kappa shape index (κ3) is 3.18. The predicted molar refractivity (Wildman–Crippen MR) is 69.3 cm³/mol. The first-order valence-electron chi connectivity index (χ1n) is 5.22. The molecule has 0 radical (unpaired) electrons. The Hall–Kier alpha value is -2.19. The van der Waals surface area contributed by atoms with Crippen molar-refractivity contribution in [3.8, 4) is 0 Å². The van der Waals surface area contributed by atoms with Crippen LogP contribution >= 0.6 is 0 Å². The number of nitrogens with zero attached hydrogens (tertiary/aromatic N) is 1. The highest BCUT2D eigenvalue weighted by Gasteiger charge is 2.15. The molecule has 4 N–H and O–H groups in total. The smallest absolute Gasteiger partial charge is 0.262 e. The fourth-order valence-corrected chi connectivity index (χ4v) is 2.49. The van der Waals surface area contributed by atoms with Crippen LogP contribution in [0.5, 0.6) is 0 Å². The molecule has 0 fully saturated rings. The number of hydrogen-bond acceptors (Lipinski definition) is 5. The zero-order valence-electron chi connectivity index (χ0n) is 9.67. The molecule has 1 aromatic carbocycles. The summed E-state index contributed by atoms with van der Waals surface area (Å²) in [7, 11) is -3.81. The number of nitrogens with one attached hydrogen (secondary N) is 2. The summed E-state index contributed by atoms with van der Waals surface area (Å²) in [6.07, 6.45) is 1.30. The first kappa shape index (κ1) is 13.2. The molecule has 0 spiro atoms. The van der Waals surface area contributed by atoms with E-state index in [2.05, 4.69) is 15.1 Å². The van der Waals surface area contributed by atoms with Gasteiger partial charge in [0.15, 0.2) is 0 Å². The van der Waals surface area contributed by atoms with E-state index in [-0.39, 0.29) is 16.4 Å². The van der Waals surface area contributed by atoms with Crippen molar-refractivity contribution in [1.82, 2.24) is 4.98 Å². The Balaban J connectivity index is 2.32. The van der Waals surface area contributed by atoms with Gasteiger partial charge in [0.2, 0.25) is 0 Å². The molecule has 8 heteroatoms. The van der Waals surface area contributed by atoms with Crippen LogP contribution in [0.4, 0.5) is 15.9 Å². The Kier molecular flexibility index (Phi) is 3.63. The number of nitrogens with two attached hydrogens (primary N) is 1. The number of anilines is 2. The van der Waals surface area contributed by atoms with Crippen LogP contribution in [0.15, 0.2) is 47.5 Å². The van der Waals surface area contributed by atoms with Gasteiger partial charge >= 0.3 is 0 Å². The first-order valence-corrected chi connectivity index (χ1v) is 6.70. The third-order valence-corrected chi connectivity index (χ3v) is 3.65. The summed E-state index contributed by atoms with van der Waals surface area (Å²) >= 11 is 0. The van der Waals surface area contributed by atoms with Gasteiger partial charge in [-0.05, 0) is 24.3 Å². The highest BCUT2D eigenvalue weighted by molar-refractivity contribution is 7.92. The average Bonchev–Trinajstić information content (AvgIpc) is 2.38. The van der Waals surface area contributed by atoms with Crippen LogP contribution in [-0.4, -0.2) is 13.4 Å². The van der Waals surface area contributed by atoms with E-state index in [4.69, 9.17) is 5.84 Å². The number of pyridine rings is 1. The van der Waals surface area contributed by atoms with Gasteiger partial charge in [0.05, 0.1) is 10.6 Å². The van der Waals surface area contributed by atoms with Crippen molar-refractivity contribution in [2.45, 2.75) is 4.90 Å². The number of aromatic nitrogens is 1. The number of hydrogen-bond donors (Lipinski definition) is 3. The highest BCUT2D eigenvalue weighted by Crippen LogP contribution is 2.17. The molecule has 0 saturated heterocycles. The minimum atomic E-state index is -3.81. The molecule has 0 aliphatic heterocycles. The fraction of sp³-hybridized carbons (Fsp3) is 0. The Morgan fingerprint density at radius 2 is 2.00 bits per heavy atom. The lowest BCUT2D eigenvalue weighted by molar-refractivity contribution is 0.601. The maximum absolute atomic E-state index is 13.0. The normalized spacial score (nSPS) is 11.1. The summed E-state index contributed by atoms with van der Waals surface area (Å²) in [5.74, 6) is 4.84. The highest BCUT2D eigenvalue weighted by atomic mass is 32.2. The fourth-order valence-electron chi connectivity index (χ4n) is 1.42. The van der Waals surface area contributed by atoms with Gasteiger partial charge in [-0.15, -0.1) is 0 Å². The van der Waals surface area contributed by atoms with Crippen LogP contribution in [0.1, 0.15) is 0 Å². The van der Waals surface area contributed by atoms with Gasteiger partial charge < -0.3 is 5.43 Å². The molecule has 0 aliphatic rings. The number of nitrogen functional groups attached to an aromatic ring is 1. The monoisotopic (exact) mass is 282 g/mol. The Labute approximate surface area is 109 Å². The zero-order chi connectivity index (χ0) is 13.9. The van der Waals surface area contributed by atoms with Crippen LogP contribution in [0.25, 0.3) is 0 Å². The average molecular weight is 282 g/mol. The van der Waals surface area contributed by atoms with Crippen LogP contribution in [0, 0.1) is 5.82 Å².